The summed E-state index contributed by atoms with van der Waals surface area (Å²) in [5, 5.41) is 34.5. The van der Waals surface area contributed by atoms with E-state index in [1.54, 1.807) is 51.1 Å². The third-order valence-corrected chi connectivity index (χ3v) is 8.29. The van der Waals surface area contributed by atoms with Crippen molar-refractivity contribution in [2.24, 2.45) is 5.92 Å². The van der Waals surface area contributed by atoms with Gasteiger partial charge in [-0.1, -0.05) is 74.8 Å². The number of non-ortho nitro benzene ring substituents is 1. The van der Waals surface area contributed by atoms with Crippen molar-refractivity contribution < 1.29 is 38.4 Å². The molecule has 1 unspecified atom stereocenters. The number of anilines is 1. The van der Waals surface area contributed by atoms with Crippen molar-refractivity contribution in [1.29, 1.82) is 0 Å². The van der Waals surface area contributed by atoms with Gasteiger partial charge < -0.3 is 31.7 Å². The number of halogens is 2. The van der Waals surface area contributed by atoms with E-state index in [-0.39, 0.29) is 47.5 Å². The largest absolute Gasteiger partial charge is 0.391 e. The predicted molar refractivity (Wildman–Crippen MR) is 192 cm³/mol. The molecule has 0 radical (unpaired) electrons. The normalized spacial score (nSPS) is 13.8. The first-order chi connectivity index (χ1) is 24.6. The molecule has 6 N–H and O–H groups in total. The van der Waals surface area contributed by atoms with Crippen LogP contribution in [0.15, 0.2) is 72.8 Å². The molecule has 0 bridgehead atoms. The van der Waals surface area contributed by atoms with Gasteiger partial charge in [-0.2, -0.15) is 0 Å². The standard InChI is InChI=1S/C36H42ClFN6O8/c1-5-30(46)42-31(20(2)3)35(49)40-29(18-23-11-13-24(38)14-12-23)34(48)43-32(21(4)45)36(50)41-28(17-22-9-7-6-8-10-22)33(47)39-27-16-15-25(44(51)52)19-26(27)37/h6-16,19-21,28-29,31-32,45H,5,17-18H2,1-4H3,(H,39,47)(H,40,49)(H,41,50)(H,42,46)(H,43,48)/t21?,28-,29-,31-,32-/m0/s1. The van der Waals surface area contributed by atoms with E-state index in [1.165, 1.54) is 37.3 Å². The maximum absolute atomic E-state index is 13.8. The van der Waals surface area contributed by atoms with Crippen molar-refractivity contribution in [1.82, 2.24) is 21.3 Å². The quantitative estimate of drug-likeness (QED) is 0.0893. The molecule has 52 heavy (non-hydrogen) atoms. The molecule has 5 amide bonds. The van der Waals surface area contributed by atoms with Crippen molar-refractivity contribution in [3.63, 3.8) is 0 Å². The van der Waals surface area contributed by atoms with Gasteiger partial charge in [0.1, 0.15) is 30.0 Å². The third kappa shape index (κ3) is 12.1. The van der Waals surface area contributed by atoms with Gasteiger partial charge in [-0.25, -0.2) is 4.39 Å². The minimum Gasteiger partial charge on any atom is -0.391 e. The molecule has 0 heterocycles. The average Bonchev–Trinajstić information content (AvgIpc) is 3.10. The second-order valence-corrected chi connectivity index (χ2v) is 12.8. The van der Waals surface area contributed by atoms with Crippen LogP contribution in [0.25, 0.3) is 0 Å². The Morgan fingerprint density at radius 3 is 1.85 bits per heavy atom. The van der Waals surface area contributed by atoms with E-state index in [0.717, 1.165) is 12.1 Å². The number of hydrogen-bond donors (Lipinski definition) is 6. The van der Waals surface area contributed by atoms with Crippen LogP contribution in [0.2, 0.25) is 5.02 Å². The molecule has 3 rings (SSSR count). The molecule has 16 heteroatoms. The topological polar surface area (TPSA) is 209 Å². The lowest BCUT2D eigenvalue weighted by Gasteiger charge is -2.28. The fourth-order valence-electron chi connectivity index (χ4n) is 5.06. The fourth-order valence-corrected chi connectivity index (χ4v) is 5.28. The molecule has 0 fully saturated rings. The zero-order valence-corrected chi connectivity index (χ0v) is 29.8. The number of amides is 5. The minimum atomic E-state index is -1.63. The van der Waals surface area contributed by atoms with E-state index in [1.807, 2.05) is 0 Å². The summed E-state index contributed by atoms with van der Waals surface area (Å²) < 4.78 is 13.7. The number of carbonyl (C=O) groups is 5. The van der Waals surface area contributed by atoms with E-state index in [0.29, 0.717) is 11.1 Å². The van der Waals surface area contributed by atoms with Crippen molar-refractivity contribution >= 4 is 52.5 Å². The number of nitro groups is 1. The first kappa shape index (κ1) is 41.0. The number of nitrogens with one attached hydrogen (secondary N) is 5. The van der Waals surface area contributed by atoms with Gasteiger partial charge in [0.2, 0.25) is 29.5 Å². The van der Waals surface area contributed by atoms with Crippen LogP contribution in [0.4, 0.5) is 15.8 Å². The van der Waals surface area contributed by atoms with E-state index in [2.05, 4.69) is 26.6 Å². The van der Waals surface area contributed by atoms with Crippen molar-refractivity contribution in [3.05, 3.63) is 105 Å². The Morgan fingerprint density at radius 2 is 1.33 bits per heavy atom. The summed E-state index contributed by atoms with van der Waals surface area (Å²) in [4.78, 5) is 77.0. The lowest BCUT2D eigenvalue weighted by atomic mass is 10.00. The highest BCUT2D eigenvalue weighted by atomic mass is 35.5. The second kappa shape index (κ2) is 19.3. The van der Waals surface area contributed by atoms with Gasteiger partial charge in [-0.3, -0.25) is 34.1 Å². The molecular formula is C36H42ClFN6O8. The van der Waals surface area contributed by atoms with Crippen LogP contribution in [-0.2, 0) is 36.8 Å². The summed E-state index contributed by atoms with van der Waals surface area (Å²) in [5.74, 6) is -4.54. The van der Waals surface area contributed by atoms with E-state index >= 15 is 0 Å². The van der Waals surface area contributed by atoms with Crippen LogP contribution in [-0.4, -0.2) is 69.8 Å². The molecule has 0 saturated carbocycles. The highest BCUT2D eigenvalue weighted by Gasteiger charge is 2.34. The molecule has 0 aliphatic heterocycles. The highest BCUT2D eigenvalue weighted by Crippen LogP contribution is 2.27. The van der Waals surface area contributed by atoms with Crippen molar-refractivity contribution in [2.45, 2.75) is 77.2 Å². The molecule has 14 nitrogen and oxygen atoms in total. The van der Waals surface area contributed by atoms with Crippen molar-refractivity contribution in [2.75, 3.05) is 5.32 Å². The Bertz CT molecular complexity index is 1740. The smallest absolute Gasteiger partial charge is 0.271 e. The van der Waals surface area contributed by atoms with E-state index in [4.69, 9.17) is 11.6 Å². The molecule has 5 atom stereocenters. The van der Waals surface area contributed by atoms with Gasteiger partial charge in [-0.05, 0) is 42.2 Å². The third-order valence-electron chi connectivity index (χ3n) is 7.97. The van der Waals surface area contributed by atoms with Gasteiger partial charge >= 0.3 is 0 Å². The summed E-state index contributed by atoms with van der Waals surface area (Å²) in [7, 11) is 0. The number of rotatable bonds is 17. The Balaban J connectivity index is 1.88. The first-order valence-corrected chi connectivity index (χ1v) is 16.9. The molecule has 0 spiro atoms. The molecule has 3 aromatic carbocycles. The summed E-state index contributed by atoms with van der Waals surface area (Å²) in [6.45, 7) is 6.28. The Labute approximate surface area is 305 Å². The van der Waals surface area contributed by atoms with Crippen LogP contribution in [0.5, 0.6) is 0 Å². The van der Waals surface area contributed by atoms with Gasteiger partial charge in [0, 0.05) is 31.4 Å². The SMILES string of the molecule is CCC(=O)N[C@H](C(=O)N[C@@H](Cc1ccc(F)cc1)C(=O)N[C@H](C(=O)N[C@@H](Cc1ccccc1)C(=O)Nc1ccc([N+](=O)[O-])cc1Cl)C(C)O)C(C)C. The van der Waals surface area contributed by atoms with Gasteiger partial charge in [-0.15, -0.1) is 0 Å². The Hall–Kier alpha value is -5.41. The zero-order valence-electron chi connectivity index (χ0n) is 29.0. The maximum Gasteiger partial charge on any atom is 0.271 e. The van der Waals surface area contributed by atoms with Gasteiger partial charge in [0.15, 0.2) is 0 Å². The Morgan fingerprint density at radius 1 is 0.769 bits per heavy atom. The van der Waals surface area contributed by atoms with Crippen LogP contribution in [0, 0.1) is 21.8 Å². The number of hydrogen-bond acceptors (Lipinski definition) is 8. The molecular weight excluding hydrogens is 699 g/mol. The molecule has 0 aromatic heterocycles. The van der Waals surface area contributed by atoms with Crippen LogP contribution in [0.1, 0.15) is 45.2 Å². The Kier molecular flexibility index (Phi) is 15.2. The number of aliphatic hydroxyl groups is 1. The van der Waals surface area contributed by atoms with Crippen molar-refractivity contribution in [3.8, 4) is 0 Å². The number of nitrogens with zero attached hydrogens (tertiary/aromatic N) is 1. The summed E-state index contributed by atoms with van der Waals surface area (Å²) in [6.07, 6.45) is -1.56. The molecule has 0 aliphatic carbocycles. The molecule has 3 aromatic rings. The van der Waals surface area contributed by atoms with E-state index < -0.39 is 64.6 Å². The summed E-state index contributed by atoms with van der Waals surface area (Å²) in [6, 6.07) is 12.0. The number of carbonyl (C=O) groups excluding carboxylic acids is 5. The molecule has 278 valence electrons. The zero-order chi connectivity index (χ0) is 38.5. The van der Waals surface area contributed by atoms with Crippen LogP contribution < -0.4 is 26.6 Å². The molecule has 0 aliphatic rings. The minimum absolute atomic E-state index is 0.0349. The fraction of sp³-hybridized carbons (Fsp3) is 0.361. The monoisotopic (exact) mass is 740 g/mol. The van der Waals surface area contributed by atoms with Crippen LogP contribution >= 0.6 is 11.6 Å². The number of aliphatic hydroxyl groups excluding tert-OH is 1. The van der Waals surface area contributed by atoms with E-state index in [9.17, 15) is 43.6 Å². The van der Waals surface area contributed by atoms with Crippen LogP contribution in [0.3, 0.4) is 0 Å². The highest BCUT2D eigenvalue weighted by molar-refractivity contribution is 6.34. The average molecular weight is 741 g/mol. The lowest BCUT2D eigenvalue weighted by Crippen LogP contribution is -2.61. The molecule has 0 saturated heterocycles. The summed E-state index contributed by atoms with van der Waals surface area (Å²) in [5.41, 5.74) is 0.849. The predicted octanol–water partition coefficient (Wildman–Crippen LogP) is 3.20. The van der Waals surface area contributed by atoms with Gasteiger partial charge in [0.05, 0.1) is 21.7 Å². The number of benzene rings is 3. The lowest BCUT2D eigenvalue weighted by molar-refractivity contribution is -0.384. The first-order valence-electron chi connectivity index (χ1n) is 16.5. The summed E-state index contributed by atoms with van der Waals surface area (Å²) >= 11 is 6.18. The second-order valence-electron chi connectivity index (χ2n) is 12.4. The van der Waals surface area contributed by atoms with Gasteiger partial charge in [0.25, 0.3) is 5.69 Å². The maximum atomic E-state index is 13.8. The number of nitro benzene ring substituents is 1.